The van der Waals surface area contributed by atoms with E-state index >= 15 is 0 Å². The van der Waals surface area contributed by atoms with Crippen LogP contribution in [0.1, 0.15) is 38.3 Å². The van der Waals surface area contributed by atoms with E-state index in [1.807, 2.05) is 4.90 Å². The fourth-order valence-electron chi connectivity index (χ4n) is 3.51. The number of carbonyl (C=O) groups excluding carboxylic acids is 1. The maximum atomic E-state index is 11.3. The van der Waals surface area contributed by atoms with Gasteiger partial charge in [0, 0.05) is 63.6 Å². The fourth-order valence-corrected chi connectivity index (χ4v) is 3.51. The quantitative estimate of drug-likeness (QED) is 0.461. The molecule has 0 radical (unpaired) electrons. The van der Waals surface area contributed by atoms with E-state index in [1.54, 1.807) is 6.92 Å². The Kier molecular flexibility index (Phi) is 10.0. The fraction of sp³-hybridized carbons (Fsp3) is 0.619. The lowest BCUT2D eigenvalue weighted by atomic mass is 10.1. The van der Waals surface area contributed by atoms with Gasteiger partial charge in [0.15, 0.2) is 0 Å². The van der Waals surface area contributed by atoms with Crippen LogP contribution in [0, 0.1) is 0 Å². The molecular formula is C21H32N4O6. The summed E-state index contributed by atoms with van der Waals surface area (Å²) in [5, 5.41) is 20.1. The van der Waals surface area contributed by atoms with Gasteiger partial charge in [-0.1, -0.05) is 0 Å². The molecule has 1 aromatic heterocycles. The van der Waals surface area contributed by atoms with Crippen molar-refractivity contribution < 1.29 is 29.3 Å². The molecule has 1 aromatic rings. The minimum Gasteiger partial charge on any atom is -0.478 e. The first kappa shape index (κ1) is 24.4. The largest absolute Gasteiger partial charge is 0.478 e. The van der Waals surface area contributed by atoms with Crippen molar-refractivity contribution in [1.82, 2.24) is 19.6 Å². The lowest BCUT2D eigenvalue weighted by molar-refractivity contribution is -0.134. The van der Waals surface area contributed by atoms with Gasteiger partial charge in [-0.3, -0.25) is 14.4 Å². The summed E-state index contributed by atoms with van der Waals surface area (Å²) in [5.74, 6) is -1.53. The number of amides is 1. The molecule has 31 heavy (non-hydrogen) atoms. The Labute approximate surface area is 182 Å². The molecule has 2 aliphatic rings. The molecule has 3 heterocycles. The Hall–Kier alpha value is -2.88. The van der Waals surface area contributed by atoms with E-state index in [9.17, 15) is 14.4 Å². The average molecular weight is 437 g/mol. The van der Waals surface area contributed by atoms with Crippen molar-refractivity contribution in [1.29, 1.82) is 0 Å². The molecule has 10 heteroatoms. The summed E-state index contributed by atoms with van der Waals surface area (Å²) in [6.45, 7) is 8.24. The number of rotatable bonds is 8. The van der Waals surface area contributed by atoms with Crippen LogP contribution in [0.3, 0.4) is 0 Å². The van der Waals surface area contributed by atoms with E-state index in [0.29, 0.717) is 12.2 Å². The third-order valence-electron chi connectivity index (χ3n) is 5.20. The first-order valence-corrected chi connectivity index (χ1v) is 10.7. The second-order valence-corrected chi connectivity index (χ2v) is 7.57. The highest BCUT2D eigenvalue weighted by molar-refractivity contribution is 5.89. The molecular weight excluding hydrogens is 404 g/mol. The number of carboxylic acid groups (broad SMARTS) is 2. The number of piperazine rings is 1. The number of carboxylic acids is 2. The van der Waals surface area contributed by atoms with Crippen molar-refractivity contribution in [3.63, 3.8) is 0 Å². The smallest absolute Gasteiger partial charge is 0.328 e. The number of nitrogens with zero attached hydrogens (tertiary/aromatic N) is 4. The number of fused-ring (bicyclic) bond motifs is 1. The zero-order valence-corrected chi connectivity index (χ0v) is 18.0. The van der Waals surface area contributed by atoms with Gasteiger partial charge in [0.25, 0.3) is 0 Å². The summed E-state index contributed by atoms with van der Waals surface area (Å²) in [5.41, 5.74) is 1.31. The Morgan fingerprint density at radius 1 is 1.03 bits per heavy atom. The summed E-state index contributed by atoms with van der Waals surface area (Å²) in [4.78, 5) is 34.8. The van der Waals surface area contributed by atoms with Crippen LogP contribution in [0.25, 0.3) is 0 Å². The van der Waals surface area contributed by atoms with Crippen LogP contribution < -0.4 is 4.74 Å². The van der Waals surface area contributed by atoms with Crippen molar-refractivity contribution in [2.75, 3.05) is 39.3 Å². The topological polar surface area (TPSA) is 125 Å². The van der Waals surface area contributed by atoms with Crippen molar-refractivity contribution in [3.8, 4) is 5.88 Å². The molecule has 0 bridgehead atoms. The van der Waals surface area contributed by atoms with Crippen LogP contribution in [0.2, 0.25) is 0 Å². The van der Waals surface area contributed by atoms with Crippen LogP contribution in [0.4, 0.5) is 0 Å². The molecule has 0 spiro atoms. The highest BCUT2D eigenvalue weighted by Crippen LogP contribution is 2.19. The lowest BCUT2D eigenvalue weighted by Gasteiger charge is -2.34. The minimum absolute atomic E-state index is 0.195. The Morgan fingerprint density at radius 3 is 2.29 bits per heavy atom. The van der Waals surface area contributed by atoms with Gasteiger partial charge < -0.3 is 19.8 Å². The van der Waals surface area contributed by atoms with Gasteiger partial charge >= 0.3 is 11.9 Å². The monoisotopic (exact) mass is 436 g/mol. The van der Waals surface area contributed by atoms with Crippen LogP contribution in [0.5, 0.6) is 5.88 Å². The molecule has 1 fully saturated rings. The molecule has 1 amide bonds. The molecule has 0 saturated carbocycles. The highest BCUT2D eigenvalue weighted by atomic mass is 16.5. The van der Waals surface area contributed by atoms with Gasteiger partial charge in [-0.2, -0.15) is 0 Å². The zero-order chi connectivity index (χ0) is 22.6. The number of unbranched alkanes of at least 4 members (excludes halogenated alkanes) is 1. The molecule has 10 nitrogen and oxygen atoms in total. The summed E-state index contributed by atoms with van der Waals surface area (Å²) < 4.78 is 7.88. The minimum atomic E-state index is -1.26. The second kappa shape index (κ2) is 12.7. The summed E-state index contributed by atoms with van der Waals surface area (Å²) in [6.07, 6.45) is 6.92. The van der Waals surface area contributed by atoms with Crippen molar-refractivity contribution in [2.24, 2.45) is 0 Å². The molecule has 3 rings (SSSR count). The Morgan fingerprint density at radius 2 is 1.71 bits per heavy atom. The molecule has 0 aliphatic carbocycles. The number of aromatic nitrogens is 2. The van der Waals surface area contributed by atoms with Gasteiger partial charge in [0.2, 0.25) is 11.8 Å². The third kappa shape index (κ3) is 9.20. The predicted molar refractivity (Wildman–Crippen MR) is 113 cm³/mol. The Balaban J connectivity index is 0.000000366. The number of aliphatic carboxylic acids is 2. The number of hydrogen-bond donors (Lipinski definition) is 2. The van der Waals surface area contributed by atoms with Gasteiger partial charge in [0.05, 0.1) is 6.61 Å². The number of ether oxygens (including phenoxy) is 1. The molecule has 2 N–H and O–H groups in total. The van der Waals surface area contributed by atoms with Gasteiger partial charge in [-0.15, -0.1) is 5.10 Å². The maximum Gasteiger partial charge on any atom is 0.328 e. The lowest BCUT2D eigenvalue weighted by Crippen LogP contribution is -2.48. The molecule has 2 aliphatic heterocycles. The van der Waals surface area contributed by atoms with Crippen LogP contribution in [-0.2, 0) is 27.3 Å². The van der Waals surface area contributed by atoms with Crippen molar-refractivity contribution in [2.45, 2.75) is 45.6 Å². The second-order valence-electron chi connectivity index (χ2n) is 7.57. The molecule has 0 aromatic carbocycles. The standard InChI is InChI=1S/C17H28N4O2.C4H4O4/c1-15(22)20-11-9-19(10-12-20)7-4-5-13-23-17-14-16-6-2-3-8-21(16)18-17;5-3(6)1-2-4(7)8/h14H,2-13H2,1H3;1-2H,(H,5,6)(H,7,8). The van der Waals surface area contributed by atoms with E-state index in [4.69, 9.17) is 14.9 Å². The molecule has 172 valence electrons. The van der Waals surface area contributed by atoms with Crippen LogP contribution in [-0.4, -0.2) is 87.0 Å². The highest BCUT2D eigenvalue weighted by Gasteiger charge is 2.18. The average Bonchev–Trinajstić information content (AvgIpc) is 3.15. The first-order valence-electron chi connectivity index (χ1n) is 10.7. The summed E-state index contributed by atoms with van der Waals surface area (Å²) in [6, 6.07) is 2.10. The van der Waals surface area contributed by atoms with E-state index in [2.05, 4.69) is 20.7 Å². The van der Waals surface area contributed by atoms with Gasteiger partial charge in [-0.05, 0) is 38.6 Å². The van der Waals surface area contributed by atoms with E-state index in [0.717, 1.165) is 71.0 Å². The predicted octanol–water partition coefficient (Wildman–Crippen LogP) is 1.25. The number of hydrogen-bond acceptors (Lipinski definition) is 6. The SMILES string of the molecule is CC(=O)N1CCN(CCCCOc2cc3n(n2)CCCC3)CC1.O=C(O)C=CC(=O)O. The van der Waals surface area contributed by atoms with E-state index in [-0.39, 0.29) is 5.91 Å². The Bertz CT molecular complexity index is 728. The molecule has 0 unspecified atom stereocenters. The third-order valence-corrected chi connectivity index (χ3v) is 5.20. The van der Waals surface area contributed by atoms with Crippen LogP contribution >= 0.6 is 0 Å². The van der Waals surface area contributed by atoms with Crippen LogP contribution in [0.15, 0.2) is 18.2 Å². The number of carbonyl (C=O) groups is 3. The normalized spacial score (nSPS) is 16.4. The summed E-state index contributed by atoms with van der Waals surface area (Å²) in [7, 11) is 0. The molecule has 0 atom stereocenters. The van der Waals surface area contributed by atoms with Crippen molar-refractivity contribution >= 4 is 17.8 Å². The number of aryl methyl sites for hydroxylation is 2. The first-order chi connectivity index (χ1) is 14.8. The zero-order valence-electron chi connectivity index (χ0n) is 18.0. The molecule has 1 saturated heterocycles. The van der Waals surface area contributed by atoms with E-state index < -0.39 is 11.9 Å². The van der Waals surface area contributed by atoms with Gasteiger partial charge in [-0.25, -0.2) is 9.59 Å². The maximum absolute atomic E-state index is 11.3. The van der Waals surface area contributed by atoms with Gasteiger partial charge in [0.1, 0.15) is 0 Å². The van der Waals surface area contributed by atoms with Crippen molar-refractivity contribution in [3.05, 3.63) is 23.9 Å². The van der Waals surface area contributed by atoms with E-state index in [1.165, 1.54) is 18.5 Å². The summed E-state index contributed by atoms with van der Waals surface area (Å²) >= 11 is 0.